The van der Waals surface area contributed by atoms with Gasteiger partial charge in [0.25, 0.3) is 0 Å². The maximum Gasteiger partial charge on any atom is 0.163 e. The number of aromatic nitrogens is 2. The highest BCUT2D eigenvalue weighted by Crippen LogP contribution is 2.34. The Morgan fingerprint density at radius 2 is 1.84 bits per heavy atom. The third kappa shape index (κ3) is 3.51. The SMILES string of the molecule is COc1cc(F)c(C(C)Nc2ccnc3cc(Br)cnc23)cc1OC. The van der Waals surface area contributed by atoms with Gasteiger partial charge in [-0.1, -0.05) is 0 Å². The largest absolute Gasteiger partial charge is 0.493 e. The summed E-state index contributed by atoms with van der Waals surface area (Å²) in [5.41, 5.74) is 2.72. The van der Waals surface area contributed by atoms with Crippen molar-refractivity contribution < 1.29 is 13.9 Å². The van der Waals surface area contributed by atoms with Gasteiger partial charge in [0.1, 0.15) is 11.3 Å². The van der Waals surface area contributed by atoms with E-state index in [1.54, 1.807) is 18.5 Å². The van der Waals surface area contributed by atoms with Crippen LogP contribution in [0.3, 0.4) is 0 Å². The van der Waals surface area contributed by atoms with E-state index >= 15 is 0 Å². The van der Waals surface area contributed by atoms with Crippen LogP contribution in [0.4, 0.5) is 10.1 Å². The molecule has 5 nitrogen and oxygen atoms in total. The van der Waals surface area contributed by atoms with E-state index in [0.29, 0.717) is 17.1 Å². The normalized spacial score (nSPS) is 12.0. The zero-order valence-corrected chi connectivity index (χ0v) is 15.6. The third-order valence-electron chi connectivity index (χ3n) is 3.89. The molecule has 0 fully saturated rings. The number of halogens is 2. The second-order valence-electron chi connectivity index (χ2n) is 5.47. The first-order valence-electron chi connectivity index (χ1n) is 7.61. The topological polar surface area (TPSA) is 56.3 Å². The molecule has 1 unspecified atom stereocenters. The van der Waals surface area contributed by atoms with Crippen molar-refractivity contribution >= 4 is 32.7 Å². The molecule has 25 heavy (non-hydrogen) atoms. The summed E-state index contributed by atoms with van der Waals surface area (Å²) in [6.45, 7) is 1.87. The molecule has 0 aliphatic carbocycles. The van der Waals surface area contributed by atoms with Crippen LogP contribution in [0.15, 0.2) is 41.1 Å². The maximum absolute atomic E-state index is 14.5. The highest BCUT2D eigenvalue weighted by Gasteiger charge is 2.17. The maximum atomic E-state index is 14.5. The van der Waals surface area contributed by atoms with E-state index in [0.717, 1.165) is 21.2 Å². The van der Waals surface area contributed by atoms with Gasteiger partial charge in [-0.25, -0.2) is 4.39 Å². The van der Waals surface area contributed by atoms with Crippen LogP contribution in [0, 0.1) is 5.82 Å². The van der Waals surface area contributed by atoms with Gasteiger partial charge in [-0.05, 0) is 41.1 Å². The minimum atomic E-state index is -0.369. The monoisotopic (exact) mass is 405 g/mol. The van der Waals surface area contributed by atoms with Gasteiger partial charge < -0.3 is 14.8 Å². The molecule has 2 heterocycles. The summed E-state index contributed by atoms with van der Waals surface area (Å²) in [7, 11) is 3.00. The molecule has 1 atom stereocenters. The lowest BCUT2D eigenvalue weighted by Crippen LogP contribution is -2.10. The van der Waals surface area contributed by atoms with Crippen LogP contribution in [0.1, 0.15) is 18.5 Å². The van der Waals surface area contributed by atoms with Gasteiger partial charge in [0, 0.05) is 28.5 Å². The third-order valence-corrected chi connectivity index (χ3v) is 4.32. The summed E-state index contributed by atoms with van der Waals surface area (Å²) in [5, 5.41) is 3.30. The quantitative estimate of drug-likeness (QED) is 0.665. The van der Waals surface area contributed by atoms with Gasteiger partial charge in [0.05, 0.1) is 31.5 Å². The number of nitrogens with zero attached hydrogens (tertiary/aromatic N) is 2. The highest BCUT2D eigenvalue weighted by molar-refractivity contribution is 9.10. The molecule has 0 aliphatic heterocycles. The number of fused-ring (bicyclic) bond motifs is 1. The van der Waals surface area contributed by atoms with Gasteiger partial charge >= 0.3 is 0 Å². The van der Waals surface area contributed by atoms with Crippen LogP contribution in [0.5, 0.6) is 11.5 Å². The molecule has 1 N–H and O–H groups in total. The molecule has 0 spiro atoms. The average molecular weight is 406 g/mol. The molecule has 1 aromatic carbocycles. The number of ether oxygens (including phenoxy) is 2. The lowest BCUT2D eigenvalue weighted by molar-refractivity contribution is 0.351. The van der Waals surface area contributed by atoms with E-state index in [-0.39, 0.29) is 11.9 Å². The lowest BCUT2D eigenvalue weighted by Gasteiger charge is -2.19. The molecule has 130 valence electrons. The fourth-order valence-electron chi connectivity index (χ4n) is 2.63. The van der Waals surface area contributed by atoms with Crippen LogP contribution in [0.2, 0.25) is 0 Å². The predicted octanol–water partition coefficient (Wildman–Crippen LogP) is 4.72. The number of hydrogen-bond donors (Lipinski definition) is 1. The average Bonchev–Trinajstić information content (AvgIpc) is 2.61. The van der Waals surface area contributed by atoms with Crippen LogP contribution < -0.4 is 14.8 Å². The van der Waals surface area contributed by atoms with Crippen LogP contribution in [-0.2, 0) is 0 Å². The second-order valence-corrected chi connectivity index (χ2v) is 6.39. The van der Waals surface area contributed by atoms with E-state index < -0.39 is 0 Å². The van der Waals surface area contributed by atoms with E-state index in [2.05, 4.69) is 31.2 Å². The Bertz CT molecular complexity index is 920. The second kappa shape index (κ2) is 7.23. The zero-order chi connectivity index (χ0) is 18.0. The smallest absolute Gasteiger partial charge is 0.163 e. The predicted molar refractivity (Wildman–Crippen MR) is 98.8 cm³/mol. The summed E-state index contributed by atoms with van der Waals surface area (Å²) >= 11 is 3.39. The molecule has 2 aromatic heterocycles. The number of benzene rings is 1. The number of methoxy groups -OCH3 is 2. The molecule has 0 aliphatic rings. The Balaban J connectivity index is 1.96. The number of pyridine rings is 2. The van der Waals surface area contributed by atoms with E-state index in [1.807, 2.05) is 19.1 Å². The standard InChI is InChI=1S/C18H17BrFN3O2/c1-10(12-7-16(24-2)17(25-3)8-13(12)20)23-14-4-5-21-15-6-11(19)9-22-18(14)15/h4-10H,1-3H3,(H,21,23). The zero-order valence-electron chi connectivity index (χ0n) is 14.0. The molecule has 3 aromatic rings. The van der Waals surface area contributed by atoms with Gasteiger partial charge in [-0.2, -0.15) is 0 Å². The lowest BCUT2D eigenvalue weighted by atomic mass is 10.1. The summed E-state index contributed by atoms with van der Waals surface area (Å²) in [5.74, 6) is 0.470. The Labute approximate surface area is 153 Å². The Kier molecular flexibility index (Phi) is 5.03. The molecule has 0 radical (unpaired) electrons. The number of nitrogens with one attached hydrogen (secondary N) is 1. The van der Waals surface area contributed by atoms with Crippen LogP contribution in [-0.4, -0.2) is 24.2 Å². The number of hydrogen-bond acceptors (Lipinski definition) is 5. The molecule has 7 heteroatoms. The first-order valence-corrected chi connectivity index (χ1v) is 8.41. The van der Waals surface area contributed by atoms with E-state index in [9.17, 15) is 4.39 Å². The fourth-order valence-corrected chi connectivity index (χ4v) is 2.95. The highest BCUT2D eigenvalue weighted by atomic mass is 79.9. The summed E-state index contributed by atoms with van der Waals surface area (Å²) in [4.78, 5) is 8.71. The molecule has 0 amide bonds. The Morgan fingerprint density at radius 3 is 2.56 bits per heavy atom. The molecular formula is C18H17BrFN3O2. The summed E-state index contributed by atoms with van der Waals surface area (Å²) in [6, 6.07) is 6.36. The van der Waals surface area contributed by atoms with Crippen molar-refractivity contribution in [3.8, 4) is 11.5 Å². The van der Waals surface area contributed by atoms with Crippen molar-refractivity contribution in [2.45, 2.75) is 13.0 Å². The Hall–Kier alpha value is -2.41. The van der Waals surface area contributed by atoms with Crippen molar-refractivity contribution in [2.24, 2.45) is 0 Å². The molecule has 0 saturated heterocycles. The van der Waals surface area contributed by atoms with Crippen molar-refractivity contribution in [1.29, 1.82) is 0 Å². The first-order chi connectivity index (χ1) is 12.0. The summed E-state index contributed by atoms with van der Waals surface area (Å²) < 4.78 is 25.7. The van der Waals surface area contributed by atoms with Gasteiger partial charge in [-0.3, -0.25) is 9.97 Å². The van der Waals surface area contributed by atoms with Crippen LogP contribution >= 0.6 is 15.9 Å². The molecular weight excluding hydrogens is 389 g/mol. The molecule has 0 bridgehead atoms. The minimum Gasteiger partial charge on any atom is -0.493 e. The number of rotatable bonds is 5. The van der Waals surface area contributed by atoms with Gasteiger partial charge in [0.2, 0.25) is 0 Å². The van der Waals surface area contributed by atoms with Crippen LogP contribution in [0.25, 0.3) is 11.0 Å². The van der Waals surface area contributed by atoms with Crippen molar-refractivity contribution in [2.75, 3.05) is 19.5 Å². The first kappa shape index (κ1) is 17.4. The van der Waals surface area contributed by atoms with Crippen molar-refractivity contribution in [3.63, 3.8) is 0 Å². The summed E-state index contributed by atoms with van der Waals surface area (Å²) in [6.07, 6.45) is 3.40. The van der Waals surface area contributed by atoms with Gasteiger partial charge in [-0.15, -0.1) is 0 Å². The molecule has 0 saturated carbocycles. The number of anilines is 1. The van der Waals surface area contributed by atoms with E-state index in [4.69, 9.17) is 9.47 Å². The van der Waals surface area contributed by atoms with E-state index in [1.165, 1.54) is 20.3 Å². The Morgan fingerprint density at radius 1 is 1.12 bits per heavy atom. The van der Waals surface area contributed by atoms with Crippen molar-refractivity contribution in [3.05, 3.63) is 52.5 Å². The fraction of sp³-hybridized carbons (Fsp3) is 0.222. The molecule has 3 rings (SSSR count). The van der Waals surface area contributed by atoms with Gasteiger partial charge in [0.15, 0.2) is 11.5 Å². The van der Waals surface area contributed by atoms with Crippen molar-refractivity contribution in [1.82, 2.24) is 9.97 Å². The minimum absolute atomic E-state index is 0.309.